The van der Waals surface area contributed by atoms with Gasteiger partial charge in [0.25, 0.3) is 0 Å². The number of hydrogen-bond donors (Lipinski definition) is 0. The van der Waals surface area contributed by atoms with Crippen LogP contribution in [0.5, 0.6) is 0 Å². The Hall–Kier alpha value is -2.98. The molecule has 0 unspecified atom stereocenters. The maximum absolute atomic E-state index is 12.2. The number of ether oxygens (including phenoxy) is 1. The van der Waals surface area contributed by atoms with Crippen molar-refractivity contribution < 1.29 is 9.53 Å². The standard InChI is InChI=1S/C22H14BrNO2/c23-17(13-15-7-2-1-3-8-15)14-20-22(25)26-21(24-20)19-12-6-10-16-9-4-5-11-18(16)19/h1-14H/b17-13-,20-14?. The summed E-state index contributed by atoms with van der Waals surface area (Å²) in [6.45, 7) is 0. The Morgan fingerprint density at radius 2 is 1.65 bits per heavy atom. The fourth-order valence-electron chi connectivity index (χ4n) is 2.82. The van der Waals surface area contributed by atoms with Crippen molar-refractivity contribution in [1.82, 2.24) is 0 Å². The van der Waals surface area contributed by atoms with Crippen molar-refractivity contribution in [1.29, 1.82) is 0 Å². The van der Waals surface area contributed by atoms with Gasteiger partial charge in [-0.05, 0) is 34.6 Å². The summed E-state index contributed by atoms with van der Waals surface area (Å²) in [5.74, 6) is -0.121. The number of carbonyl (C=O) groups excluding carboxylic acids is 1. The predicted molar refractivity (Wildman–Crippen MR) is 108 cm³/mol. The fraction of sp³-hybridized carbons (Fsp3) is 0. The molecule has 0 radical (unpaired) electrons. The van der Waals surface area contributed by atoms with Crippen molar-refractivity contribution >= 4 is 44.6 Å². The number of aliphatic imine (C=N–C) groups is 1. The SMILES string of the molecule is O=C1OC(c2cccc3ccccc23)=NC1=C/C(Br)=C/c1ccccc1. The molecular formula is C22H14BrNO2. The molecule has 1 aliphatic rings. The monoisotopic (exact) mass is 403 g/mol. The zero-order chi connectivity index (χ0) is 17.9. The second-order valence-corrected chi connectivity index (χ2v) is 6.72. The highest BCUT2D eigenvalue weighted by molar-refractivity contribution is 9.12. The van der Waals surface area contributed by atoms with E-state index in [0.717, 1.165) is 26.4 Å². The molecule has 126 valence electrons. The molecule has 0 aromatic heterocycles. The van der Waals surface area contributed by atoms with Crippen LogP contribution < -0.4 is 0 Å². The molecule has 4 rings (SSSR count). The maximum Gasteiger partial charge on any atom is 0.363 e. The molecule has 3 nitrogen and oxygen atoms in total. The zero-order valence-corrected chi connectivity index (χ0v) is 15.3. The van der Waals surface area contributed by atoms with Gasteiger partial charge in [-0.25, -0.2) is 9.79 Å². The third-order valence-corrected chi connectivity index (χ3v) is 4.48. The first kappa shape index (κ1) is 16.5. The van der Waals surface area contributed by atoms with Crippen LogP contribution in [-0.2, 0) is 9.53 Å². The Morgan fingerprint density at radius 3 is 2.50 bits per heavy atom. The van der Waals surface area contributed by atoms with Gasteiger partial charge in [-0.3, -0.25) is 0 Å². The van der Waals surface area contributed by atoms with Crippen LogP contribution >= 0.6 is 15.9 Å². The fourth-order valence-corrected chi connectivity index (χ4v) is 3.30. The van der Waals surface area contributed by atoms with E-state index in [1.54, 1.807) is 6.08 Å². The first-order chi connectivity index (χ1) is 12.7. The molecular weight excluding hydrogens is 390 g/mol. The second kappa shape index (κ2) is 7.10. The largest absolute Gasteiger partial charge is 0.402 e. The average Bonchev–Trinajstić information content (AvgIpc) is 3.02. The minimum Gasteiger partial charge on any atom is -0.402 e. The Kier molecular flexibility index (Phi) is 4.50. The molecule has 4 heteroatoms. The summed E-state index contributed by atoms with van der Waals surface area (Å²) in [5.41, 5.74) is 2.11. The molecule has 0 atom stereocenters. The van der Waals surface area contributed by atoms with Crippen molar-refractivity contribution in [3.8, 4) is 0 Å². The van der Waals surface area contributed by atoms with Gasteiger partial charge >= 0.3 is 5.97 Å². The number of hydrogen-bond acceptors (Lipinski definition) is 3. The minimum absolute atomic E-state index is 0.270. The van der Waals surface area contributed by atoms with Gasteiger partial charge in [0.05, 0.1) is 0 Å². The third kappa shape index (κ3) is 3.37. The van der Waals surface area contributed by atoms with Crippen LogP contribution in [0.3, 0.4) is 0 Å². The van der Waals surface area contributed by atoms with Crippen LogP contribution in [0.25, 0.3) is 16.8 Å². The normalized spacial score (nSPS) is 16.0. The van der Waals surface area contributed by atoms with Gasteiger partial charge in [0.1, 0.15) is 0 Å². The lowest BCUT2D eigenvalue weighted by atomic mass is 10.0. The Bertz CT molecular complexity index is 1080. The van der Waals surface area contributed by atoms with E-state index in [9.17, 15) is 4.79 Å². The molecule has 0 saturated carbocycles. The van der Waals surface area contributed by atoms with E-state index in [-0.39, 0.29) is 5.70 Å². The summed E-state index contributed by atoms with van der Waals surface area (Å²) in [5, 5.41) is 2.08. The quantitative estimate of drug-likeness (QED) is 0.429. The van der Waals surface area contributed by atoms with Gasteiger partial charge in [-0.15, -0.1) is 0 Å². The maximum atomic E-state index is 12.2. The smallest absolute Gasteiger partial charge is 0.363 e. The highest BCUT2D eigenvalue weighted by Crippen LogP contribution is 2.25. The van der Waals surface area contributed by atoms with Gasteiger partial charge < -0.3 is 4.74 Å². The summed E-state index contributed by atoms with van der Waals surface area (Å²) in [4.78, 5) is 16.6. The van der Waals surface area contributed by atoms with Crippen molar-refractivity contribution in [2.75, 3.05) is 0 Å². The Labute approximate surface area is 159 Å². The number of rotatable bonds is 3. The molecule has 0 spiro atoms. The van der Waals surface area contributed by atoms with Crippen LogP contribution in [-0.4, -0.2) is 11.9 Å². The average molecular weight is 404 g/mol. The number of benzene rings is 3. The number of esters is 1. The number of fused-ring (bicyclic) bond motifs is 1. The van der Waals surface area contributed by atoms with E-state index in [1.807, 2.05) is 78.9 Å². The van der Waals surface area contributed by atoms with E-state index in [2.05, 4.69) is 20.9 Å². The molecule has 26 heavy (non-hydrogen) atoms. The minimum atomic E-state index is -0.452. The topological polar surface area (TPSA) is 38.7 Å². The molecule has 1 aliphatic heterocycles. The predicted octanol–water partition coefficient (Wildman–Crippen LogP) is 5.46. The van der Waals surface area contributed by atoms with Crippen LogP contribution in [0.2, 0.25) is 0 Å². The second-order valence-electron chi connectivity index (χ2n) is 5.80. The van der Waals surface area contributed by atoms with Crippen LogP contribution in [0.15, 0.2) is 94.0 Å². The number of cyclic esters (lactones) is 1. The van der Waals surface area contributed by atoms with Crippen LogP contribution in [0.1, 0.15) is 11.1 Å². The van der Waals surface area contributed by atoms with Gasteiger partial charge in [0.2, 0.25) is 5.90 Å². The van der Waals surface area contributed by atoms with Crippen molar-refractivity contribution in [2.24, 2.45) is 4.99 Å². The number of carbonyl (C=O) groups is 1. The van der Waals surface area contributed by atoms with E-state index in [4.69, 9.17) is 4.74 Å². The lowest BCUT2D eigenvalue weighted by Gasteiger charge is -2.04. The molecule has 0 saturated heterocycles. The zero-order valence-electron chi connectivity index (χ0n) is 13.7. The Balaban J connectivity index is 1.70. The van der Waals surface area contributed by atoms with Crippen molar-refractivity contribution in [3.05, 3.63) is 100 Å². The summed E-state index contributed by atoms with van der Waals surface area (Å²) in [7, 11) is 0. The number of allylic oxidation sites excluding steroid dienone is 2. The molecule has 1 heterocycles. The van der Waals surface area contributed by atoms with Crippen molar-refractivity contribution in [2.45, 2.75) is 0 Å². The Morgan fingerprint density at radius 1 is 0.923 bits per heavy atom. The van der Waals surface area contributed by atoms with Crippen LogP contribution in [0, 0.1) is 0 Å². The molecule has 0 fully saturated rings. The molecule has 3 aromatic rings. The summed E-state index contributed by atoms with van der Waals surface area (Å²) in [6, 6.07) is 23.7. The lowest BCUT2D eigenvalue weighted by Crippen LogP contribution is -2.05. The molecule has 0 N–H and O–H groups in total. The summed E-state index contributed by atoms with van der Waals surface area (Å²) >= 11 is 3.48. The first-order valence-corrected chi connectivity index (χ1v) is 8.93. The highest BCUT2D eigenvalue weighted by atomic mass is 79.9. The summed E-state index contributed by atoms with van der Waals surface area (Å²) in [6.07, 6.45) is 3.60. The third-order valence-electron chi connectivity index (χ3n) is 4.02. The first-order valence-electron chi connectivity index (χ1n) is 8.14. The van der Waals surface area contributed by atoms with Gasteiger partial charge in [-0.1, -0.05) is 82.7 Å². The number of halogens is 1. The van der Waals surface area contributed by atoms with Crippen LogP contribution in [0.4, 0.5) is 0 Å². The lowest BCUT2D eigenvalue weighted by molar-refractivity contribution is -0.130. The molecule has 0 bridgehead atoms. The number of nitrogens with zero attached hydrogens (tertiary/aromatic N) is 1. The van der Waals surface area contributed by atoms with Crippen molar-refractivity contribution in [3.63, 3.8) is 0 Å². The molecule has 0 aliphatic carbocycles. The van der Waals surface area contributed by atoms with E-state index in [1.165, 1.54) is 0 Å². The van der Waals surface area contributed by atoms with Gasteiger partial charge in [-0.2, -0.15) is 0 Å². The van der Waals surface area contributed by atoms with Gasteiger partial charge in [0.15, 0.2) is 5.70 Å². The molecule has 3 aromatic carbocycles. The van der Waals surface area contributed by atoms with E-state index in [0.29, 0.717) is 5.90 Å². The molecule has 0 amide bonds. The summed E-state index contributed by atoms with van der Waals surface area (Å²) < 4.78 is 6.16. The highest BCUT2D eigenvalue weighted by Gasteiger charge is 2.25. The van der Waals surface area contributed by atoms with Gasteiger partial charge in [0, 0.05) is 10.0 Å². The van der Waals surface area contributed by atoms with E-state index >= 15 is 0 Å². The van der Waals surface area contributed by atoms with E-state index < -0.39 is 5.97 Å².